The van der Waals surface area contributed by atoms with Crippen LogP contribution in [0.15, 0.2) is 0 Å². The van der Waals surface area contributed by atoms with Crippen molar-refractivity contribution in [1.82, 2.24) is 16.0 Å². The van der Waals surface area contributed by atoms with Crippen LogP contribution in [0.25, 0.3) is 0 Å². The number of hydrogen-bond acceptors (Lipinski definition) is 14. The third-order valence-corrected chi connectivity index (χ3v) is 9.18. The molecule has 4 aliphatic rings. The van der Waals surface area contributed by atoms with Crippen LogP contribution >= 0.6 is 0 Å². The van der Waals surface area contributed by atoms with Crippen molar-refractivity contribution in [3.8, 4) is 0 Å². The van der Waals surface area contributed by atoms with E-state index in [9.17, 15) is 57.9 Å². The number of ether oxygens (including phenoxy) is 4. The highest BCUT2D eigenvalue weighted by Crippen LogP contribution is 2.31. The third kappa shape index (κ3) is 11.9. The molecule has 19 nitrogen and oxygen atoms in total. The Morgan fingerprint density at radius 2 is 1.15 bits per heavy atom. The van der Waals surface area contributed by atoms with Gasteiger partial charge in [-0.1, -0.05) is 27.7 Å². The molecule has 0 bridgehead atoms. The molecule has 11 N–H and O–H groups in total. The van der Waals surface area contributed by atoms with Crippen LogP contribution in [0.5, 0.6) is 0 Å². The number of aliphatic carboxylic acids is 2. The normalized spacial score (nSPS) is 34.9. The second-order valence-corrected chi connectivity index (χ2v) is 14.7. The van der Waals surface area contributed by atoms with Gasteiger partial charge in [-0.05, 0) is 37.5 Å². The average molecular weight is 789 g/mol. The summed E-state index contributed by atoms with van der Waals surface area (Å²) in [6, 6.07) is -3.35. The van der Waals surface area contributed by atoms with Gasteiger partial charge in [0, 0.05) is 6.04 Å². The summed E-state index contributed by atoms with van der Waals surface area (Å²) < 4.78 is 54.6. The number of hydrogen-bond donors (Lipinski definition) is 10. The van der Waals surface area contributed by atoms with Gasteiger partial charge in [0.15, 0.2) is 12.2 Å². The minimum atomic E-state index is -5.08. The predicted octanol–water partition coefficient (Wildman–Crippen LogP) is -2.87. The minimum Gasteiger partial charge on any atom is -0.480 e. The summed E-state index contributed by atoms with van der Waals surface area (Å²) in [4.78, 5) is 60.3. The number of carboxylic acid groups (broad SMARTS) is 2. The molecule has 4 rings (SSSR count). The van der Waals surface area contributed by atoms with Crippen molar-refractivity contribution in [2.75, 3.05) is 13.2 Å². The monoisotopic (exact) mass is 788 g/mol. The van der Waals surface area contributed by atoms with Crippen LogP contribution in [-0.4, -0.2) is 165 Å². The Bertz CT molecular complexity index is 1330. The summed E-state index contributed by atoms with van der Waals surface area (Å²) in [5.74, 6) is -6.37. The largest absolute Gasteiger partial charge is 0.490 e. The van der Waals surface area contributed by atoms with Gasteiger partial charge < -0.3 is 71.3 Å². The van der Waals surface area contributed by atoms with E-state index in [1.54, 1.807) is 13.8 Å². The summed E-state index contributed by atoms with van der Waals surface area (Å²) in [5, 5.41) is 67.1. The van der Waals surface area contributed by atoms with E-state index in [0.29, 0.717) is 6.42 Å². The maximum Gasteiger partial charge on any atom is 0.490 e. The summed E-state index contributed by atoms with van der Waals surface area (Å²) in [5.41, 5.74) is 5.94. The first-order chi connectivity index (χ1) is 25.0. The first-order valence-corrected chi connectivity index (χ1v) is 17.5. The quantitative estimate of drug-likeness (QED) is 0.101. The Morgan fingerprint density at radius 1 is 0.722 bits per heavy atom. The van der Waals surface area contributed by atoms with Crippen LogP contribution in [0.3, 0.4) is 0 Å². The number of carbonyl (C=O) groups is 5. The maximum atomic E-state index is 13.5. The number of carboxylic acids is 2. The van der Waals surface area contributed by atoms with Gasteiger partial charge in [0.05, 0.1) is 31.5 Å². The van der Waals surface area contributed by atoms with Crippen LogP contribution in [0, 0.1) is 11.8 Å². The lowest BCUT2D eigenvalue weighted by atomic mass is 9.88. The molecule has 0 aromatic carbocycles. The molecule has 0 aliphatic carbocycles. The number of amides is 3. The van der Waals surface area contributed by atoms with Gasteiger partial charge in [-0.25, -0.2) is 9.59 Å². The zero-order valence-electron chi connectivity index (χ0n) is 30.0. The lowest BCUT2D eigenvalue weighted by Crippen LogP contribution is -2.67. The minimum absolute atomic E-state index is 0.0437. The number of alkyl halides is 3. The molecule has 4 heterocycles. The average Bonchev–Trinajstić information content (AvgIpc) is 3.06. The van der Waals surface area contributed by atoms with Crippen molar-refractivity contribution in [1.29, 1.82) is 0 Å². The van der Waals surface area contributed by atoms with Gasteiger partial charge in [-0.3, -0.25) is 14.4 Å². The van der Waals surface area contributed by atoms with E-state index < -0.39 is 115 Å². The Morgan fingerprint density at radius 3 is 1.59 bits per heavy atom. The molecule has 0 aromatic heterocycles. The fourth-order valence-corrected chi connectivity index (χ4v) is 6.59. The van der Waals surface area contributed by atoms with E-state index in [1.807, 2.05) is 13.8 Å². The van der Waals surface area contributed by atoms with Crippen LogP contribution in [0.2, 0.25) is 0 Å². The SMILES string of the molecule is CC(C)C[C@H](NC(=O)[C@H]1O[C@H]2C[C@H](NC(=O)[C@H](CC(C)C)NC(=O)[C@H]3O[C@H]4C[C@H](N)CO[C@@H]4[C@@H](O)[C@@H]3O)CO[C@@H]2[C@@H](O)[C@@H]1O)C(=O)O.O=C(O)C(F)(F)F. The Labute approximate surface area is 308 Å². The molecular formula is C32H51F3N4O15. The number of halogens is 3. The van der Waals surface area contributed by atoms with E-state index in [4.69, 9.17) is 34.6 Å². The number of carbonyl (C=O) groups excluding carboxylic acids is 3. The second kappa shape index (κ2) is 19.1. The number of nitrogens with two attached hydrogens (primary N) is 1. The lowest BCUT2D eigenvalue weighted by Gasteiger charge is -2.46. The predicted molar refractivity (Wildman–Crippen MR) is 174 cm³/mol. The zero-order valence-corrected chi connectivity index (χ0v) is 30.0. The van der Waals surface area contributed by atoms with Crippen molar-refractivity contribution >= 4 is 29.7 Å². The first-order valence-electron chi connectivity index (χ1n) is 17.5. The fourth-order valence-electron chi connectivity index (χ4n) is 6.59. The van der Waals surface area contributed by atoms with Crippen molar-refractivity contribution in [3.05, 3.63) is 0 Å². The lowest BCUT2D eigenvalue weighted by molar-refractivity contribution is -0.249. The fraction of sp³-hybridized carbons (Fsp3) is 0.844. The van der Waals surface area contributed by atoms with Crippen LogP contribution in [0.1, 0.15) is 53.4 Å². The van der Waals surface area contributed by atoms with E-state index in [1.165, 1.54) is 0 Å². The van der Waals surface area contributed by atoms with Gasteiger partial charge in [-0.2, -0.15) is 13.2 Å². The molecule has 0 unspecified atom stereocenters. The van der Waals surface area contributed by atoms with E-state index in [2.05, 4.69) is 16.0 Å². The van der Waals surface area contributed by atoms with E-state index >= 15 is 0 Å². The van der Waals surface area contributed by atoms with E-state index in [0.717, 1.165) is 0 Å². The Kier molecular flexibility index (Phi) is 16.0. The maximum absolute atomic E-state index is 13.5. The number of aliphatic hydroxyl groups is 4. The van der Waals surface area contributed by atoms with Crippen molar-refractivity contribution < 1.29 is 86.7 Å². The molecule has 0 spiro atoms. The molecule has 0 saturated carbocycles. The molecule has 22 heteroatoms. The van der Waals surface area contributed by atoms with E-state index in [-0.39, 0.29) is 50.4 Å². The summed E-state index contributed by atoms with van der Waals surface area (Å²) in [7, 11) is 0. The molecule has 0 aromatic rings. The second-order valence-electron chi connectivity index (χ2n) is 14.7. The van der Waals surface area contributed by atoms with Gasteiger partial charge in [-0.15, -0.1) is 0 Å². The number of rotatable bonds is 11. The Balaban J connectivity index is 0.00000102. The molecule has 4 fully saturated rings. The summed E-state index contributed by atoms with van der Waals surface area (Å²) in [6.07, 6.45) is -17.2. The first kappa shape index (κ1) is 45.2. The molecule has 4 saturated heterocycles. The van der Waals surface area contributed by atoms with Gasteiger partial charge in [0.25, 0.3) is 11.8 Å². The Hall–Kier alpha value is -3.22. The van der Waals surface area contributed by atoms with Crippen LogP contribution < -0.4 is 21.7 Å². The number of aliphatic hydroxyl groups excluding tert-OH is 4. The summed E-state index contributed by atoms with van der Waals surface area (Å²) >= 11 is 0. The zero-order chi connectivity index (χ0) is 40.8. The molecule has 14 atom stereocenters. The smallest absolute Gasteiger partial charge is 0.480 e. The van der Waals surface area contributed by atoms with Crippen LogP contribution in [0.4, 0.5) is 13.2 Å². The standard InChI is InChI=1S/C30H50N4O13.C2HF3O2/c1-11(2)5-15(33-28(40)25-21(37)19(35)23-17(46-25)7-13(31)9-44-23)27(39)32-14-8-18-24(45-10-14)20(36)22(38)26(47-18)29(41)34-16(30(42)43)6-12(3)4;3-2(4,5)1(6)7/h11-26,35-38H,5-10,31H2,1-4H3,(H,32,39)(H,33,40)(H,34,41)(H,42,43);(H,6,7)/t13-,14-,15-,16-,17-,18-,19-,20-,21-,22-,23-,24-,25-,26-;/m0./s1. The van der Waals surface area contributed by atoms with Gasteiger partial charge >= 0.3 is 18.1 Å². The number of nitrogens with one attached hydrogen (secondary N) is 3. The van der Waals surface area contributed by atoms with Crippen molar-refractivity contribution in [3.63, 3.8) is 0 Å². The highest BCUT2D eigenvalue weighted by molar-refractivity contribution is 5.90. The summed E-state index contributed by atoms with van der Waals surface area (Å²) in [6.45, 7) is 7.39. The molecule has 54 heavy (non-hydrogen) atoms. The molecular weight excluding hydrogens is 737 g/mol. The topological polar surface area (TPSA) is 306 Å². The van der Waals surface area contributed by atoms with Crippen LogP contribution in [-0.2, 0) is 42.9 Å². The van der Waals surface area contributed by atoms with Crippen molar-refractivity contribution in [2.24, 2.45) is 17.6 Å². The van der Waals surface area contributed by atoms with Crippen molar-refractivity contribution in [2.45, 2.75) is 145 Å². The molecule has 0 radical (unpaired) electrons. The third-order valence-electron chi connectivity index (χ3n) is 9.18. The molecule has 310 valence electrons. The highest BCUT2D eigenvalue weighted by Gasteiger charge is 2.52. The van der Waals surface area contributed by atoms with Gasteiger partial charge in [0.2, 0.25) is 5.91 Å². The molecule has 3 amide bonds. The number of fused-ring (bicyclic) bond motifs is 2. The highest BCUT2D eigenvalue weighted by atomic mass is 19.4. The van der Waals surface area contributed by atoms with Gasteiger partial charge in [0.1, 0.15) is 48.7 Å². The molecule has 4 aliphatic heterocycles.